The molecule has 0 spiro atoms. The molecule has 0 saturated carbocycles. The number of hydrogen-bond donors (Lipinski definition) is 1. The average molecular weight is 256 g/mol. The molecule has 88 valence electrons. The van der Waals surface area contributed by atoms with Gasteiger partial charge in [-0.05, 0) is 12.1 Å². The van der Waals surface area contributed by atoms with Crippen molar-refractivity contribution < 1.29 is 22.8 Å². The molecule has 0 radical (unpaired) electrons. The fraction of sp³-hybridized carbons (Fsp3) is 0.286. The summed E-state index contributed by atoms with van der Waals surface area (Å²) in [6, 6.07) is 2.47. The maximum atomic E-state index is 11.6. The Morgan fingerprint density at radius 3 is 2.62 bits per heavy atom. The van der Waals surface area contributed by atoms with E-state index >= 15 is 0 Å². The van der Waals surface area contributed by atoms with Crippen LogP contribution in [0.2, 0.25) is 5.15 Å². The smallest absolute Gasteiger partial charge is 0.265 e. The van der Waals surface area contributed by atoms with E-state index in [-0.39, 0.29) is 10.8 Å². The summed E-state index contributed by atoms with van der Waals surface area (Å²) in [5.74, 6) is -0.937. The van der Waals surface area contributed by atoms with Crippen LogP contribution in [0.4, 0.5) is 13.2 Å². The zero-order valence-corrected chi connectivity index (χ0v) is 8.34. The van der Waals surface area contributed by atoms with E-state index in [4.69, 9.17) is 11.6 Å². The lowest BCUT2D eigenvalue weighted by atomic mass is 10.4. The molecule has 1 N–H and O–H groups in total. The molecule has 0 bridgehead atoms. The van der Waals surface area contributed by atoms with Crippen LogP contribution in [0.1, 0.15) is 10.5 Å². The Morgan fingerprint density at radius 1 is 1.44 bits per heavy atom. The minimum Gasteiger partial charge on any atom is -0.265 e. The van der Waals surface area contributed by atoms with Gasteiger partial charge in [0.2, 0.25) is 0 Å². The Bertz CT molecular complexity index is 368. The summed E-state index contributed by atoms with van der Waals surface area (Å²) in [6.07, 6.45) is -4.51. The van der Waals surface area contributed by atoms with E-state index in [0.29, 0.717) is 0 Å². The van der Waals surface area contributed by atoms with Crippen LogP contribution in [-0.2, 0) is 4.84 Å². The van der Waals surface area contributed by atoms with Crippen molar-refractivity contribution in [2.45, 2.75) is 6.18 Å². The van der Waals surface area contributed by atoms with Gasteiger partial charge in [-0.25, -0.2) is 5.48 Å². The molecular weight excluding hydrogens is 251 g/mol. The van der Waals surface area contributed by atoms with E-state index in [2.05, 4.69) is 15.0 Å². The second-order valence-corrected chi connectivity index (χ2v) is 2.96. The van der Waals surface area contributed by atoms with E-state index in [9.17, 15) is 18.0 Å². The van der Waals surface area contributed by atoms with Crippen molar-refractivity contribution in [2.24, 2.45) is 0 Å². The molecule has 0 unspecified atom stereocenters. The lowest BCUT2D eigenvalue weighted by molar-refractivity contribution is -0.184. The first kappa shape index (κ1) is 12.7. The average Bonchev–Trinajstić information content (AvgIpc) is 2.16. The van der Waals surface area contributed by atoms with Crippen LogP contribution in [0.5, 0.6) is 0 Å². The highest BCUT2D eigenvalue weighted by Gasteiger charge is 2.28. The minimum atomic E-state index is -4.51. The SMILES string of the molecule is O=C(NOCC(F)(F)F)c1ccc(Cl)nn1. The molecule has 1 heterocycles. The van der Waals surface area contributed by atoms with E-state index in [0.717, 1.165) is 0 Å². The van der Waals surface area contributed by atoms with Crippen LogP contribution < -0.4 is 5.48 Å². The van der Waals surface area contributed by atoms with Crippen molar-refractivity contribution in [1.82, 2.24) is 15.7 Å². The molecule has 0 fully saturated rings. The summed E-state index contributed by atoms with van der Waals surface area (Å²) < 4.78 is 34.9. The quantitative estimate of drug-likeness (QED) is 0.828. The Hall–Kier alpha value is -1.41. The van der Waals surface area contributed by atoms with Crippen molar-refractivity contribution in [1.29, 1.82) is 0 Å². The molecule has 1 amide bonds. The van der Waals surface area contributed by atoms with Crippen molar-refractivity contribution in [3.63, 3.8) is 0 Å². The number of hydrogen-bond acceptors (Lipinski definition) is 4. The summed E-state index contributed by atoms with van der Waals surface area (Å²) >= 11 is 5.40. The molecule has 1 aromatic rings. The summed E-state index contributed by atoms with van der Waals surface area (Å²) in [7, 11) is 0. The van der Waals surface area contributed by atoms with E-state index in [1.807, 2.05) is 0 Å². The molecule has 1 aromatic heterocycles. The van der Waals surface area contributed by atoms with Crippen LogP contribution in [0.3, 0.4) is 0 Å². The first-order chi connectivity index (χ1) is 7.38. The molecule has 0 saturated heterocycles. The second-order valence-electron chi connectivity index (χ2n) is 2.58. The Morgan fingerprint density at radius 2 is 2.12 bits per heavy atom. The molecule has 16 heavy (non-hydrogen) atoms. The molecular formula is C7H5ClF3N3O2. The number of aromatic nitrogens is 2. The Balaban J connectivity index is 2.44. The lowest BCUT2D eigenvalue weighted by Gasteiger charge is -2.07. The lowest BCUT2D eigenvalue weighted by Crippen LogP contribution is -2.30. The summed E-state index contributed by atoms with van der Waals surface area (Å²) in [6.45, 7) is -1.58. The Kier molecular flexibility index (Phi) is 4.02. The fourth-order valence-corrected chi connectivity index (χ4v) is 0.774. The third-order valence-electron chi connectivity index (χ3n) is 1.27. The number of rotatable bonds is 3. The van der Waals surface area contributed by atoms with Crippen molar-refractivity contribution >= 4 is 17.5 Å². The van der Waals surface area contributed by atoms with Crippen LogP contribution in [-0.4, -0.2) is 28.9 Å². The standard InChI is InChI=1S/C7H5ClF3N3O2/c8-5-2-1-4(12-13-5)6(15)14-16-3-7(9,10)11/h1-2H,3H2,(H,14,15). The van der Waals surface area contributed by atoms with Crippen LogP contribution >= 0.6 is 11.6 Å². The third-order valence-corrected chi connectivity index (χ3v) is 1.47. The number of halogens is 4. The number of alkyl halides is 3. The van der Waals surface area contributed by atoms with Gasteiger partial charge in [-0.15, -0.1) is 10.2 Å². The summed E-state index contributed by atoms with van der Waals surface area (Å²) in [4.78, 5) is 15.0. The monoisotopic (exact) mass is 255 g/mol. The number of nitrogens with one attached hydrogen (secondary N) is 1. The highest BCUT2D eigenvalue weighted by atomic mass is 35.5. The maximum absolute atomic E-state index is 11.6. The van der Waals surface area contributed by atoms with Gasteiger partial charge in [0, 0.05) is 0 Å². The van der Waals surface area contributed by atoms with Gasteiger partial charge in [0.25, 0.3) is 5.91 Å². The number of nitrogens with zero attached hydrogens (tertiary/aromatic N) is 2. The number of carbonyl (C=O) groups is 1. The van der Waals surface area contributed by atoms with E-state index in [1.165, 1.54) is 12.1 Å². The van der Waals surface area contributed by atoms with Gasteiger partial charge in [0.15, 0.2) is 17.5 Å². The predicted octanol–water partition coefficient (Wildman–Crippen LogP) is 1.35. The van der Waals surface area contributed by atoms with Crippen molar-refractivity contribution in [3.05, 3.63) is 23.0 Å². The highest BCUT2D eigenvalue weighted by Crippen LogP contribution is 2.13. The van der Waals surface area contributed by atoms with Gasteiger partial charge >= 0.3 is 6.18 Å². The van der Waals surface area contributed by atoms with E-state index < -0.39 is 18.7 Å². The topological polar surface area (TPSA) is 64.1 Å². The third kappa shape index (κ3) is 4.41. The highest BCUT2D eigenvalue weighted by molar-refractivity contribution is 6.29. The first-order valence-electron chi connectivity index (χ1n) is 3.86. The molecule has 0 aliphatic heterocycles. The van der Waals surface area contributed by atoms with Crippen LogP contribution in [0, 0.1) is 0 Å². The van der Waals surface area contributed by atoms with Gasteiger partial charge in [-0.2, -0.15) is 13.2 Å². The minimum absolute atomic E-state index is 0.0627. The predicted molar refractivity (Wildman–Crippen MR) is 46.5 cm³/mol. The number of amides is 1. The summed E-state index contributed by atoms with van der Waals surface area (Å²) in [5.41, 5.74) is 1.37. The Labute approximate surface area is 92.5 Å². The normalized spacial score (nSPS) is 11.2. The molecule has 0 aliphatic rings. The molecule has 0 aromatic carbocycles. The first-order valence-corrected chi connectivity index (χ1v) is 4.24. The van der Waals surface area contributed by atoms with Crippen molar-refractivity contribution in [2.75, 3.05) is 6.61 Å². The summed E-state index contributed by atoms with van der Waals surface area (Å²) in [5, 5.41) is 6.73. The van der Waals surface area contributed by atoms with Crippen molar-refractivity contribution in [3.8, 4) is 0 Å². The molecule has 0 aliphatic carbocycles. The zero-order chi connectivity index (χ0) is 12.2. The molecule has 9 heteroatoms. The molecule has 5 nitrogen and oxygen atoms in total. The number of hydroxylamine groups is 1. The zero-order valence-electron chi connectivity index (χ0n) is 7.58. The van der Waals surface area contributed by atoms with Crippen LogP contribution in [0.15, 0.2) is 12.1 Å². The molecule has 0 atom stereocenters. The van der Waals surface area contributed by atoms with Gasteiger partial charge < -0.3 is 0 Å². The molecule has 1 rings (SSSR count). The van der Waals surface area contributed by atoms with Gasteiger partial charge in [0.05, 0.1) is 0 Å². The van der Waals surface area contributed by atoms with Crippen LogP contribution in [0.25, 0.3) is 0 Å². The largest absolute Gasteiger partial charge is 0.414 e. The van der Waals surface area contributed by atoms with Gasteiger partial charge in [-0.1, -0.05) is 11.6 Å². The second kappa shape index (κ2) is 5.08. The number of carbonyl (C=O) groups excluding carboxylic acids is 1. The van der Waals surface area contributed by atoms with Gasteiger partial charge in [0.1, 0.15) is 0 Å². The fourth-order valence-electron chi connectivity index (χ4n) is 0.673. The van der Waals surface area contributed by atoms with E-state index in [1.54, 1.807) is 5.48 Å². The van der Waals surface area contributed by atoms with Gasteiger partial charge in [-0.3, -0.25) is 9.63 Å². The maximum Gasteiger partial charge on any atom is 0.414 e.